The van der Waals surface area contributed by atoms with Gasteiger partial charge >= 0.3 is 0 Å². The van der Waals surface area contributed by atoms with E-state index in [9.17, 15) is 0 Å². The maximum atomic E-state index is 5.37. The highest BCUT2D eigenvalue weighted by atomic mass is 32.1. The molecule has 0 radical (unpaired) electrons. The largest absolute Gasteiger partial charge is 0.377 e. The summed E-state index contributed by atoms with van der Waals surface area (Å²) in [5.41, 5.74) is -0.195. The Morgan fingerprint density at radius 3 is 2.78 bits per heavy atom. The van der Waals surface area contributed by atoms with Gasteiger partial charge in [-0.3, -0.25) is 0 Å². The van der Waals surface area contributed by atoms with Crippen LogP contribution in [0.5, 0.6) is 0 Å². The maximum Gasteiger partial charge on any atom is 0.191 e. The molecular weight excluding hydrogens is 246 g/mol. The Balaban J connectivity index is 2.51. The van der Waals surface area contributed by atoms with E-state index in [1.807, 2.05) is 19.9 Å². The van der Waals surface area contributed by atoms with Crippen molar-refractivity contribution in [2.45, 2.75) is 32.9 Å². The van der Waals surface area contributed by atoms with Crippen LogP contribution in [0, 0.1) is 0 Å². The van der Waals surface area contributed by atoms with Crippen LogP contribution in [-0.4, -0.2) is 31.8 Å². The molecule has 2 N–H and O–H groups in total. The fourth-order valence-electron chi connectivity index (χ4n) is 1.27. The molecule has 0 atom stereocenters. The van der Waals surface area contributed by atoms with E-state index in [1.54, 1.807) is 18.4 Å². The molecule has 0 aliphatic carbocycles. The summed E-state index contributed by atoms with van der Waals surface area (Å²) < 4.78 is 5.37. The molecule has 0 aliphatic heterocycles. The molecule has 0 aromatic carbocycles. The van der Waals surface area contributed by atoms with Crippen LogP contribution < -0.4 is 10.6 Å². The second-order valence-corrected chi connectivity index (χ2v) is 5.62. The molecule has 1 rings (SSSR count). The van der Waals surface area contributed by atoms with Crippen molar-refractivity contribution in [2.24, 2.45) is 4.99 Å². The van der Waals surface area contributed by atoms with Gasteiger partial charge in [0.2, 0.25) is 0 Å². The highest BCUT2D eigenvalue weighted by molar-refractivity contribution is 7.09. The van der Waals surface area contributed by atoms with Crippen LogP contribution in [0.4, 0.5) is 0 Å². The zero-order chi connectivity index (χ0) is 13.4. The minimum Gasteiger partial charge on any atom is -0.377 e. The third-order valence-electron chi connectivity index (χ3n) is 2.55. The van der Waals surface area contributed by atoms with Crippen LogP contribution in [0.25, 0.3) is 0 Å². The van der Waals surface area contributed by atoms with Crippen molar-refractivity contribution in [3.8, 4) is 0 Å². The minimum atomic E-state index is -0.195. The molecule has 0 spiro atoms. The Bertz CT molecular complexity index is 360. The van der Waals surface area contributed by atoms with Gasteiger partial charge in [0, 0.05) is 25.1 Å². The lowest BCUT2D eigenvalue weighted by Gasteiger charge is -2.24. The number of ether oxygens (including phenoxy) is 1. The van der Waals surface area contributed by atoms with Gasteiger partial charge in [0.1, 0.15) is 0 Å². The van der Waals surface area contributed by atoms with Gasteiger partial charge < -0.3 is 15.4 Å². The first-order valence-electron chi connectivity index (χ1n) is 6.17. The van der Waals surface area contributed by atoms with Crippen molar-refractivity contribution in [2.75, 3.05) is 20.2 Å². The minimum absolute atomic E-state index is 0.195. The molecule has 4 nitrogen and oxygen atoms in total. The SMILES string of the molecule is CCNC(=NCc1cccs1)NCC(C)(C)OC. The fourth-order valence-corrected chi connectivity index (χ4v) is 1.90. The van der Waals surface area contributed by atoms with Crippen molar-refractivity contribution in [1.82, 2.24) is 10.6 Å². The van der Waals surface area contributed by atoms with Crippen LogP contribution in [-0.2, 0) is 11.3 Å². The number of hydrogen-bond acceptors (Lipinski definition) is 3. The molecule has 0 fully saturated rings. The molecule has 1 aromatic rings. The van der Waals surface area contributed by atoms with Crippen LogP contribution >= 0.6 is 11.3 Å². The highest BCUT2D eigenvalue weighted by Crippen LogP contribution is 2.09. The third-order valence-corrected chi connectivity index (χ3v) is 3.41. The molecule has 1 aromatic heterocycles. The monoisotopic (exact) mass is 269 g/mol. The average molecular weight is 269 g/mol. The van der Waals surface area contributed by atoms with E-state index in [2.05, 4.69) is 34.0 Å². The summed E-state index contributed by atoms with van der Waals surface area (Å²) in [4.78, 5) is 5.80. The first kappa shape index (κ1) is 15.0. The van der Waals surface area contributed by atoms with Gasteiger partial charge in [0.05, 0.1) is 12.1 Å². The number of methoxy groups -OCH3 is 1. The van der Waals surface area contributed by atoms with Crippen molar-refractivity contribution in [1.29, 1.82) is 0 Å². The van der Waals surface area contributed by atoms with Gasteiger partial charge in [0.25, 0.3) is 0 Å². The lowest BCUT2D eigenvalue weighted by atomic mass is 10.1. The summed E-state index contributed by atoms with van der Waals surface area (Å²) in [6.07, 6.45) is 0. The maximum absolute atomic E-state index is 5.37. The van der Waals surface area contributed by atoms with Crippen molar-refractivity contribution in [3.05, 3.63) is 22.4 Å². The molecule has 0 amide bonds. The fraction of sp³-hybridized carbons (Fsp3) is 0.615. The first-order valence-corrected chi connectivity index (χ1v) is 7.05. The summed E-state index contributed by atoms with van der Waals surface area (Å²) in [6.45, 7) is 8.43. The molecule has 0 aliphatic rings. The summed E-state index contributed by atoms with van der Waals surface area (Å²) in [5.74, 6) is 0.830. The van der Waals surface area contributed by atoms with Crippen LogP contribution in [0.2, 0.25) is 0 Å². The molecule has 102 valence electrons. The summed E-state index contributed by atoms with van der Waals surface area (Å²) >= 11 is 1.72. The number of hydrogen-bond donors (Lipinski definition) is 2. The quantitative estimate of drug-likeness (QED) is 0.615. The Kier molecular flexibility index (Phi) is 6.15. The smallest absolute Gasteiger partial charge is 0.191 e. The second-order valence-electron chi connectivity index (χ2n) is 4.59. The van der Waals surface area contributed by atoms with Gasteiger partial charge in [0.15, 0.2) is 5.96 Å². The van der Waals surface area contributed by atoms with Crippen molar-refractivity contribution in [3.63, 3.8) is 0 Å². The average Bonchev–Trinajstić information content (AvgIpc) is 2.86. The molecule has 18 heavy (non-hydrogen) atoms. The Morgan fingerprint density at radius 1 is 1.44 bits per heavy atom. The predicted molar refractivity (Wildman–Crippen MR) is 78.2 cm³/mol. The lowest BCUT2D eigenvalue weighted by Crippen LogP contribution is -2.45. The molecule has 5 heteroatoms. The zero-order valence-corrected chi connectivity index (χ0v) is 12.4. The molecule has 0 unspecified atom stereocenters. The Morgan fingerprint density at radius 2 is 2.22 bits per heavy atom. The highest BCUT2D eigenvalue weighted by Gasteiger charge is 2.16. The van der Waals surface area contributed by atoms with Gasteiger partial charge in [-0.2, -0.15) is 0 Å². The topological polar surface area (TPSA) is 45.7 Å². The Labute approximate surface area is 113 Å². The van der Waals surface area contributed by atoms with Gasteiger partial charge in [-0.15, -0.1) is 11.3 Å². The number of aliphatic imine (C=N–C) groups is 1. The number of rotatable bonds is 6. The number of thiophene rings is 1. The van der Waals surface area contributed by atoms with Crippen LogP contribution in [0.15, 0.2) is 22.5 Å². The molecule has 0 saturated heterocycles. The number of nitrogens with one attached hydrogen (secondary N) is 2. The first-order chi connectivity index (χ1) is 8.57. The van der Waals surface area contributed by atoms with E-state index in [-0.39, 0.29) is 5.60 Å². The third kappa shape index (κ3) is 5.51. The normalized spacial score (nSPS) is 12.6. The van der Waals surface area contributed by atoms with Crippen LogP contribution in [0.3, 0.4) is 0 Å². The summed E-state index contributed by atoms with van der Waals surface area (Å²) in [7, 11) is 1.72. The van der Waals surface area contributed by atoms with Crippen molar-refractivity contribution < 1.29 is 4.74 Å². The van der Waals surface area contributed by atoms with Gasteiger partial charge in [-0.25, -0.2) is 4.99 Å². The van der Waals surface area contributed by atoms with E-state index in [0.29, 0.717) is 6.54 Å². The zero-order valence-electron chi connectivity index (χ0n) is 11.6. The number of nitrogens with zero attached hydrogens (tertiary/aromatic N) is 1. The van der Waals surface area contributed by atoms with E-state index in [1.165, 1.54) is 4.88 Å². The van der Waals surface area contributed by atoms with Gasteiger partial charge in [-0.05, 0) is 32.2 Å². The molecular formula is C13H23N3OS. The van der Waals surface area contributed by atoms with Gasteiger partial charge in [-0.1, -0.05) is 6.07 Å². The Hall–Kier alpha value is -1.07. The van der Waals surface area contributed by atoms with E-state index < -0.39 is 0 Å². The second kappa shape index (κ2) is 7.38. The summed E-state index contributed by atoms with van der Waals surface area (Å²) in [6, 6.07) is 4.14. The molecule has 0 saturated carbocycles. The van der Waals surface area contributed by atoms with Crippen molar-refractivity contribution >= 4 is 17.3 Å². The predicted octanol–water partition coefficient (Wildman–Crippen LogP) is 2.23. The van der Waals surface area contributed by atoms with E-state index >= 15 is 0 Å². The summed E-state index contributed by atoms with van der Waals surface area (Å²) in [5, 5.41) is 8.59. The standard InChI is InChI=1S/C13H23N3OS/c1-5-14-12(16-10-13(2,3)17-4)15-9-11-7-6-8-18-11/h6-8H,5,9-10H2,1-4H3,(H2,14,15,16). The lowest BCUT2D eigenvalue weighted by molar-refractivity contribution is 0.0268. The number of guanidine groups is 1. The molecule has 0 bridgehead atoms. The molecule has 1 heterocycles. The van der Waals surface area contributed by atoms with E-state index in [0.717, 1.165) is 19.0 Å². The van der Waals surface area contributed by atoms with Crippen LogP contribution in [0.1, 0.15) is 25.6 Å². The van der Waals surface area contributed by atoms with E-state index in [4.69, 9.17) is 4.74 Å².